The van der Waals surface area contributed by atoms with E-state index in [2.05, 4.69) is 42.6 Å². The summed E-state index contributed by atoms with van der Waals surface area (Å²) in [4.78, 5) is 0. The van der Waals surface area contributed by atoms with Gasteiger partial charge in [-0.3, -0.25) is 0 Å². The van der Waals surface area contributed by atoms with E-state index < -0.39 is 0 Å². The molecule has 0 radical (unpaired) electrons. The van der Waals surface area contributed by atoms with Crippen LogP contribution in [0.3, 0.4) is 0 Å². The van der Waals surface area contributed by atoms with E-state index in [9.17, 15) is 5.11 Å². The van der Waals surface area contributed by atoms with Gasteiger partial charge in [0.2, 0.25) is 0 Å². The molecular formula is C15H21NO. The highest BCUT2D eigenvalue weighted by molar-refractivity contribution is 5.26. The molecular weight excluding hydrogens is 210 g/mol. The predicted molar refractivity (Wildman–Crippen MR) is 68.9 cm³/mol. The third kappa shape index (κ3) is 1.71. The van der Waals surface area contributed by atoms with E-state index in [4.69, 9.17) is 0 Å². The molecule has 3 aliphatic rings. The van der Waals surface area contributed by atoms with E-state index in [0.717, 1.165) is 19.4 Å². The first-order chi connectivity index (χ1) is 8.22. The quantitative estimate of drug-likeness (QED) is 0.818. The molecule has 1 aromatic carbocycles. The van der Waals surface area contributed by atoms with Gasteiger partial charge in [0.25, 0.3) is 0 Å². The predicted octanol–water partition coefficient (Wildman–Crippen LogP) is 2.29. The molecule has 1 aromatic rings. The number of benzene rings is 1. The lowest BCUT2D eigenvalue weighted by Crippen LogP contribution is -2.66. The molecule has 4 rings (SSSR count). The summed E-state index contributed by atoms with van der Waals surface area (Å²) < 4.78 is 0. The van der Waals surface area contributed by atoms with E-state index >= 15 is 0 Å². The van der Waals surface area contributed by atoms with Crippen molar-refractivity contribution in [2.75, 3.05) is 6.54 Å². The zero-order valence-corrected chi connectivity index (χ0v) is 10.4. The van der Waals surface area contributed by atoms with Crippen molar-refractivity contribution in [3.05, 3.63) is 35.9 Å². The largest absolute Gasteiger partial charge is 0.391 e. The number of piperidine rings is 2. The van der Waals surface area contributed by atoms with Crippen molar-refractivity contribution >= 4 is 0 Å². The standard InChI is InChI=1S/C15H21NO/c1-11(13-5-3-2-4-6-13)15-8-7-12(10-16-15)9-14(15)17/h2-6,11-12,14,16-17H,7-10H2,1H3/t11-,12+,14-,15-/m0/s1. The fourth-order valence-corrected chi connectivity index (χ4v) is 3.68. The van der Waals surface area contributed by atoms with Crippen LogP contribution in [0.25, 0.3) is 0 Å². The monoisotopic (exact) mass is 231 g/mol. The van der Waals surface area contributed by atoms with Crippen LogP contribution in [0.4, 0.5) is 0 Å². The molecule has 0 amide bonds. The lowest BCUT2D eigenvalue weighted by Gasteiger charge is -2.54. The summed E-state index contributed by atoms with van der Waals surface area (Å²) in [5.74, 6) is 1.06. The summed E-state index contributed by atoms with van der Waals surface area (Å²) in [6.07, 6.45) is 3.16. The van der Waals surface area contributed by atoms with Gasteiger partial charge in [-0.05, 0) is 37.3 Å². The lowest BCUT2D eigenvalue weighted by molar-refractivity contribution is -0.0449. The minimum absolute atomic E-state index is 0.0872. The van der Waals surface area contributed by atoms with Crippen molar-refractivity contribution in [3.63, 3.8) is 0 Å². The Bertz CT molecular complexity index is 381. The Morgan fingerprint density at radius 1 is 1.35 bits per heavy atom. The van der Waals surface area contributed by atoms with Crippen LogP contribution in [0, 0.1) is 5.92 Å². The maximum absolute atomic E-state index is 10.4. The molecule has 0 spiro atoms. The fourth-order valence-electron chi connectivity index (χ4n) is 3.68. The highest BCUT2D eigenvalue weighted by Gasteiger charge is 2.50. The number of aliphatic hydroxyl groups is 1. The van der Waals surface area contributed by atoms with Gasteiger partial charge in [0.1, 0.15) is 0 Å². The van der Waals surface area contributed by atoms with Crippen molar-refractivity contribution in [2.45, 2.75) is 43.7 Å². The number of hydrogen-bond acceptors (Lipinski definition) is 2. The molecule has 2 saturated heterocycles. The second kappa shape index (κ2) is 4.11. The summed E-state index contributed by atoms with van der Waals surface area (Å²) in [5, 5.41) is 14.0. The third-order valence-corrected chi connectivity index (χ3v) is 4.91. The van der Waals surface area contributed by atoms with Gasteiger partial charge in [0.05, 0.1) is 11.6 Å². The second-order valence-corrected chi connectivity index (χ2v) is 5.71. The molecule has 92 valence electrons. The second-order valence-electron chi connectivity index (χ2n) is 5.71. The molecule has 2 heterocycles. The summed E-state index contributed by atoms with van der Waals surface area (Å²) in [5.41, 5.74) is 1.25. The number of hydrogen-bond donors (Lipinski definition) is 2. The fraction of sp³-hybridized carbons (Fsp3) is 0.600. The molecule has 4 atom stereocenters. The van der Waals surface area contributed by atoms with Crippen molar-refractivity contribution in [3.8, 4) is 0 Å². The molecule has 1 aliphatic carbocycles. The van der Waals surface area contributed by atoms with Crippen LogP contribution >= 0.6 is 0 Å². The van der Waals surface area contributed by atoms with Gasteiger partial charge < -0.3 is 10.4 Å². The average Bonchev–Trinajstić information content (AvgIpc) is 2.40. The molecule has 17 heavy (non-hydrogen) atoms. The van der Waals surface area contributed by atoms with Crippen LogP contribution < -0.4 is 5.32 Å². The smallest absolute Gasteiger partial charge is 0.0730 e. The number of nitrogens with one attached hydrogen (secondary N) is 1. The Kier molecular flexibility index (Phi) is 2.72. The molecule has 1 saturated carbocycles. The van der Waals surface area contributed by atoms with Gasteiger partial charge in [-0.25, -0.2) is 0 Å². The van der Waals surface area contributed by atoms with Crippen LogP contribution in [-0.4, -0.2) is 23.3 Å². The molecule has 0 aromatic heterocycles. The molecule has 2 bridgehead atoms. The SMILES string of the molecule is C[C@@H](c1ccccc1)[C@]12CC[C@@H](CN1)C[C@@H]2O. The minimum atomic E-state index is -0.190. The Balaban J connectivity index is 1.91. The Hall–Kier alpha value is -0.860. The van der Waals surface area contributed by atoms with Gasteiger partial charge in [0, 0.05) is 5.92 Å². The average molecular weight is 231 g/mol. The first kappa shape index (κ1) is 11.2. The van der Waals surface area contributed by atoms with Crippen molar-refractivity contribution in [1.29, 1.82) is 0 Å². The summed E-state index contributed by atoms with van der Waals surface area (Å²) >= 11 is 0. The van der Waals surface area contributed by atoms with Crippen molar-refractivity contribution < 1.29 is 5.11 Å². The van der Waals surface area contributed by atoms with Crippen LogP contribution in [0.1, 0.15) is 37.7 Å². The van der Waals surface area contributed by atoms with E-state index in [1.54, 1.807) is 0 Å². The van der Waals surface area contributed by atoms with E-state index in [1.807, 2.05) is 0 Å². The van der Waals surface area contributed by atoms with Crippen molar-refractivity contribution in [2.24, 2.45) is 5.92 Å². The van der Waals surface area contributed by atoms with Crippen LogP contribution in [0.5, 0.6) is 0 Å². The highest BCUT2D eigenvalue weighted by atomic mass is 16.3. The summed E-state index contributed by atoms with van der Waals surface area (Å²) in [7, 11) is 0. The molecule has 0 unspecified atom stereocenters. The molecule has 2 aliphatic heterocycles. The first-order valence-electron chi connectivity index (χ1n) is 6.70. The van der Waals surface area contributed by atoms with Gasteiger partial charge in [0.15, 0.2) is 0 Å². The van der Waals surface area contributed by atoms with E-state index in [-0.39, 0.29) is 11.6 Å². The third-order valence-electron chi connectivity index (χ3n) is 4.91. The zero-order chi connectivity index (χ0) is 11.9. The minimum Gasteiger partial charge on any atom is -0.391 e. The summed E-state index contributed by atoms with van der Waals surface area (Å²) in [6, 6.07) is 10.6. The van der Waals surface area contributed by atoms with Gasteiger partial charge >= 0.3 is 0 Å². The lowest BCUT2D eigenvalue weighted by atomic mass is 9.63. The Labute approximate surface area is 103 Å². The van der Waals surface area contributed by atoms with E-state index in [0.29, 0.717) is 11.8 Å². The normalized spacial score (nSPS) is 38.0. The maximum atomic E-state index is 10.4. The molecule has 2 heteroatoms. The number of rotatable bonds is 2. The Morgan fingerprint density at radius 2 is 2.12 bits per heavy atom. The van der Waals surface area contributed by atoms with E-state index in [1.165, 1.54) is 12.0 Å². The van der Waals surface area contributed by atoms with Gasteiger partial charge in [-0.1, -0.05) is 37.3 Å². The Morgan fingerprint density at radius 3 is 2.71 bits per heavy atom. The molecule has 3 fully saturated rings. The van der Waals surface area contributed by atoms with Gasteiger partial charge in [-0.15, -0.1) is 0 Å². The highest BCUT2D eigenvalue weighted by Crippen LogP contribution is 2.45. The summed E-state index contributed by atoms with van der Waals surface area (Å²) in [6.45, 7) is 3.32. The van der Waals surface area contributed by atoms with Crippen LogP contribution in [-0.2, 0) is 0 Å². The van der Waals surface area contributed by atoms with Gasteiger partial charge in [-0.2, -0.15) is 0 Å². The van der Waals surface area contributed by atoms with Crippen LogP contribution in [0.2, 0.25) is 0 Å². The first-order valence-corrected chi connectivity index (χ1v) is 6.70. The number of fused-ring (bicyclic) bond motifs is 3. The van der Waals surface area contributed by atoms with Crippen molar-refractivity contribution in [1.82, 2.24) is 5.32 Å². The molecule has 2 nitrogen and oxygen atoms in total. The van der Waals surface area contributed by atoms with Crippen LogP contribution in [0.15, 0.2) is 30.3 Å². The maximum Gasteiger partial charge on any atom is 0.0730 e. The zero-order valence-electron chi connectivity index (χ0n) is 10.4. The molecule has 2 N–H and O–H groups in total. The number of aliphatic hydroxyl groups excluding tert-OH is 1. The topological polar surface area (TPSA) is 32.3 Å².